The molecule has 0 aromatic carbocycles. The van der Waals surface area contributed by atoms with Crippen molar-refractivity contribution in [3.05, 3.63) is 0 Å². The number of carboxylic acid groups (broad SMARTS) is 1. The predicted octanol–water partition coefficient (Wildman–Crippen LogP) is -0.274. The molecule has 1 aliphatic heterocycles. The maximum Gasteiger partial charge on any atom is 0.313 e. The van der Waals surface area contributed by atoms with Crippen LogP contribution in [0.15, 0.2) is 0 Å². The zero-order chi connectivity index (χ0) is 12.7. The summed E-state index contributed by atoms with van der Waals surface area (Å²) in [6.07, 6.45) is 0.756. The van der Waals surface area contributed by atoms with Gasteiger partial charge in [-0.1, -0.05) is 0 Å². The minimum Gasteiger partial charge on any atom is -0.481 e. The number of carbonyl (C=O) groups is 2. The zero-order valence-electron chi connectivity index (χ0n) is 9.73. The fourth-order valence-corrected chi connectivity index (χ4v) is 2.07. The number of hydrogen-bond acceptors (Lipinski definition) is 5. The minimum absolute atomic E-state index is 0.0635. The van der Waals surface area contributed by atoms with Crippen LogP contribution in [0.2, 0.25) is 0 Å². The van der Waals surface area contributed by atoms with Crippen LogP contribution in [0, 0.1) is 0 Å². The Hall–Kier alpha value is -0.790. The van der Waals surface area contributed by atoms with Gasteiger partial charge in [0.05, 0.1) is 18.1 Å². The molecule has 0 aliphatic carbocycles. The number of thioether (sulfide) groups is 1. The number of amides is 1. The molecule has 98 valence electrons. The van der Waals surface area contributed by atoms with Crippen LogP contribution in [-0.4, -0.2) is 61.0 Å². The highest BCUT2D eigenvalue weighted by molar-refractivity contribution is 8.00. The van der Waals surface area contributed by atoms with Gasteiger partial charge in [0.25, 0.3) is 0 Å². The Morgan fingerprint density at radius 1 is 1.53 bits per heavy atom. The van der Waals surface area contributed by atoms with Crippen molar-refractivity contribution in [2.24, 2.45) is 0 Å². The van der Waals surface area contributed by atoms with Gasteiger partial charge in [0.2, 0.25) is 5.91 Å². The van der Waals surface area contributed by atoms with Crippen LogP contribution < -0.4 is 5.32 Å². The van der Waals surface area contributed by atoms with Crippen molar-refractivity contribution in [1.82, 2.24) is 5.32 Å². The van der Waals surface area contributed by atoms with Gasteiger partial charge in [0, 0.05) is 26.7 Å². The third-order valence-electron chi connectivity index (χ3n) is 2.57. The topological polar surface area (TPSA) is 84.9 Å². The van der Waals surface area contributed by atoms with E-state index in [-0.39, 0.29) is 17.4 Å². The smallest absolute Gasteiger partial charge is 0.313 e. The average molecular weight is 263 g/mol. The van der Waals surface area contributed by atoms with E-state index in [0.29, 0.717) is 19.8 Å². The van der Waals surface area contributed by atoms with E-state index in [0.717, 1.165) is 18.2 Å². The van der Waals surface area contributed by atoms with Gasteiger partial charge in [0.1, 0.15) is 5.60 Å². The lowest BCUT2D eigenvalue weighted by atomic mass is 10.0. The van der Waals surface area contributed by atoms with Crippen LogP contribution in [0.3, 0.4) is 0 Å². The molecule has 1 amide bonds. The quantitative estimate of drug-likeness (QED) is 0.657. The lowest BCUT2D eigenvalue weighted by Crippen LogP contribution is -2.45. The van der Waals surface area contributed by atoms with Gasteiger partial charge in [0.15, 0.2) is 0 Å². The molecule has 1 atom stereocenters. The van der Waals surface area contributed by atoms with Crippen molar-refractivity contribution in [3.63, 3.8) is 0 Å². The minimum atomic E-state index is -0.916. The highest BCUT2D eigenvalue weighted by Gasteiger charge is 2.35. The maximum atomic E-state index is 11.4. The van der Waals surface area contributed by atoms with Crippen LogP contribution in [0.4, 0.5) is 0 Å². The molecule has 6 nitrogen and oxygen atoms in total. The molecule has 1 aliphatic rings. The van der Waals surface area contributed by atoms with Crippen molar-refractivity contribution in [3.8, 4) is 0 Å². The highest BCUT2D eigenvalue weighted by atomic mass is 32.2. The van der Waals surface area contributed by atoms with E-state index in [2.05, 4.69) is 5.32 Å². The predicted molar refractivity (Wildman–Crippen MR) is 63.1 cm³/mol. The Balaban J connectivity index is 2.20. The van der Waals surface area contributed by atoms with E-state index < -0.39 is 11.6 Å². The molecule has 0 aromatic heterocycles. The summed E-state index contributed by atoms with van der Waals surface area (Å²) in [5, 5.41) is 11.2. The molecule has 0 bridgehead atoms. The second-order valence-electron chi connectivity index (χ2n) is 3.85. The zero-order valence-corrected chi connectivity index (χ0v) is 10.5. The monoisotopic (exact) mass is 263 g/mol. The molecule has 1 saturated heterocycles. The molecule has 7 heteroatoms. The number of rotatable bonds is 7. The van der Waals surface area contributed by atoms with E-state index in [1.165, 1.54) is 0 Å². The van der Waals surface area contributed by atoms with E-state index in [1.54, 1.807) is 7.11 Å². The molecule has 17 heavy (non-hydrogen) atoms. The van der Waals surface area contributed by atoms with E-state index in [4.69, 9.17) is 14.6 Å². The van der Waals surface area contributed by atoms with Gasteiger partial charge < -0.3 is 19.9 Å². The van der Waals surface area contributed by atoms with Crippen LogP contribution >= 0.6 is 11.8 Å². The Morgan fingerprint density at radius 2 is 2.29 bits per heavy atom. The number of aliphatic carboxylic acids is 1. The lowest BCUT2D eigenvalue weighted by molar-refractivity contribution is -0.133. The molecular formula is C10H17NO5S. The Morgan fingerprint density at radius 3 is 2.82 bits per heavy atom. The van der Waals surface area contributed by atoms with Gasteiger partial charge in [-0.15, -0.1) is 11.8 Å². The van der Waals surface area contributed by atoms with Gasteiger partial charge >= 0.3 is 5.97 Å². The SMILES string of the molecule is COC1(CNC(=O)CSCC(=O)O)CCOC1. The molecule has 1 fully saturated rings. The summed E-state index contributed by atoms with van der Waals surface area (Å²) in [6.45, 7) is 1.51. The van der Waals surface area contributed by atoms with Gasteiger partial charge in [-0.3, -0.25) is 9.59 Å². The van der Waals surface area contributed by atoms with E-state index in [1.807, 2.05) is 0 Å². The largest absolute Gasteiger partial charge is 0.481 e. The Labute approximate surface area is 104 Å². The van der Waals surface area contributed by atoms with E-state index >= 15 is 0 Å². The summed E-state index contributed by atoms with van der Waals surface area (Å²) in [5.41, 5.74) is -0.423. The maximum absolute atomic E-state index is 11.4. The summed E-state index contributed by atoms with van der Waals surface area (Å²) in [4.78, 5) is 21.7. The first-order valence-electron chi connectivity index (χ1n) is 5.27. The first-order valence-corrected chi connectivity index (χ1v) is 6.42. The molecule has 0 radical (unpaired) electrons. The van der Waals surface area contributed by atoms with Crippen molar-refractivity contribution in [1.29, 1.82) is 0 Å². The fraction of sp³-hybridized carbons (Fsp3) is 0.800. The number of carbonyl (C=O) groups excluding carboxylic acids is 1. The fourth-order valence-electron chi connectivity index (χ4n) is 1.50. The Kier molecular flexibility index (Phi) is 5.73. The summed E-state index contributed by atoms with van der Waals surface area (Å²) in [7, 11) is 1.60. The standard InChI is InChI=1S/C10H17NO5S/c1-15-10(2-3-16-7-10)6-11-8(12)4-17-5-9(13)14/h2-7H2,1H3,(H,11,12)(H,13,14). The summed E-state index contributed by atoms with van der Waals surface area (Å²) in [6, 6.07) is 0. The first kappa shape index (κ1) is 14.3. The summed E-state index contributed by atoms with van der Waals surface area (Å²) in [5.74, 6) is -1.02. The van der Waals surface area contributed by atoms with Crippen LogP contribution in [0.1, 0.15) is 6.42 Å². The van der Waals surface area contributed by atoms with E-state index in [9.17, 15) is 9.59 Å². The van der Waals surface area contributed by atoms with Crippen molar-refractivity contribution < 1.29 is 24.2 Å². The highest BCUT2D eigenvalue weighted by Crippen LogP contribution is 2.21. The van der Waals surface area contributed by atoms with Gasteiger partial charge in [-0.2, -0.15) is 0 Å². The Bertz CT molecular complexity index is 278. The molecule has 1 unspecified atom stereocenters. The number of ether oxygens (including phenoxy) is 2. The third-order valence-corrected chi connectivity index (χ3v) is 3.48. The van der Waals surface area contributed by atoms with Crippen LogP contribution in [-0.2, 0) is 19.1 Å². The van der Waals surface area contributed by atoms with Crippen LogP contribution in [0.25, 0.3) is 0 Å². The van der Waals surface area contributed by atoms with Gasteiger partial charge in [-0.25, -0.2) is 0 Å². The molecule has 0 spiro atoms. The molecule has 0 saturated carbocycles. The van der Waals surface area contributed by atoms with Crippen LogP contribution in [0.5, 0.6) is 0 Å². The first-order chi connectivity index (χ1) is 8.08. The van der Waals surface area contributed by atoms with Crippen molar-refractivity contribution >= 4 is 23.6 Å². The normalized spacial score (nSPS) is 23.6. The second kappa shape index (κ2) is 6.83. The summed E-state index contributed by atoms with van der Waals surface area (Å²) >= 11 is 1.07. The lowest BCUT2D eigenvalue weighted by Gasteiger charge is -2.25. The van der Waals surface area contributed by atoms with Crippen molar-refractivity contribution in [2.75, 3.05) is 38.4 Å². The molecular weight excluding hydrogens is 246 g/mol. The second-order valence-corrected chi connectivity index (χ2v) is 4.84. The average Bonchev–Trinajstić information content (AvgIpc) is 2.75. The third kappa shape index (κ3) is 4.93. The number of nitrogens with one attached hydrogen (secondary N) is 1. The number of methoxy groups -OCH3 is 1. The summed E-state index contributed by atoms with van der Waals surface area (Å²) < 4.78 is 10.6. The number of carboxylic acids is 1. The van der Waals surface area contributed by atoms with Gasteiger partial charge in [-0.05, 0) is 0 Å². The molecule has 2 N–H and O–H groups in total. The molecule has 1 heterocycles. The number of hydrogen-bond donors (Lipinski definition) is 2. The molecule has 0 aromatic rings. The van der Waals surface area contributed by atoms with Crippen molar-refractivity contribution in [2.45, 2.75) is 12.0 Å². The molecule has 1 rings (SSSR count).